The first kappa shape index (κ1) is 10.9. The van der Waals surface area contributed by atoms with Gasteiger partial charge in [-0.25, -0.2) is 0 Å². The maximum atomic E-state index is 11.2. The number of phenols is 1. The second-order valence-electron chi connectivity index (χ2n) is 4.25. The largest absolute Gasteiger partial charge is 0.508 e. The van der Waals surface area contributed by atoms with Gasteiger partial charge in [-0.05, 0) is 43.4 Å². The summed E-state index contributed by atoms with van der Waals surface area (Å²) < 4.78 is 0. The van der Waals surface area contributed by atoms with Crippen LogP contribution in [0.25, 0.3) is 0 Å². The van der Waals surface area contributed by atoms with E-state index in [4.69, 9.17) is 0 Å². The zero-order valence-electron chi connectivity index (χ0n) is 9.28. The van der Waals surface area contributed by atoms with Gasteiger partial charge in [0.25, 0.3) is 0 Å². The average Bonchev–Trinajstić information content (AvgIpc) is 2.28. The van der Waals surface area contributed by atoms with Crippen LogP contribution in [0.2, 0.25) is 0 Å². The van der Waals surface area contributed by atoms with Gasteiger partial charge in [-0.3, -0.25) is 4.79 Å². The fourth-order valence-corrected chi connectivity index (χ4v) is 2.08. The summed E-state index contributed by atoms with van der Waals surface area (Å²) in [6.45, 7) is 0. The Morgan fingerprint density at radius 3 is 2.69 bits per heavy atom. The first-order valence-corrected chi connectivity index (χ1v) is 5.75. The molecule has 0 aliphatic heterocycles. The smallest absolute Gasteiger partial charge is 0.155 e. The lowest BCUT2D eigenvalue weighted by Gasteiger charge is -2.12. The third-order valence-corrected chi connectivity index (χ3v) is 2.99. The van der Waals surface area contributed by atoms with Gasteiger partial charge in [-0.15, -0.1) is 0 Å². The molecule has 0 atom stereocenters. The van der Waals surface area contributed by atoms with E-state index < -0.39 is 0 Å². The molecule has 2 nitrogen and oxygen atoms in total. The molecule has 0 unspecified atom stereocenters. The van der Waals surface area contributed by atoms with E-state index in [1.165, 1.54) is 5.57 Å². The maximum Gasteiger partial charge on any atom is 0.155 e. The van der Waals surface area contributed by atoms with Crippen LogP contribution in [0, 0.1) is 0 Å². The molecular weight excluding hydrogens is 200 g/mol. The highest BCUT2D eigenvalue weighted by atomic mass is 16.3. The third-order valence-electron chi connectivity index (χ3n) is 2.99. The topological polar surface area (TPSA) is 37.3 Å². The fraction of sp³-hybridized carbons (Fsp3) is 0.357. The highest BCUT2D eigenvalue weighted by Crippen LogP contribution is 2.23. The van der Waals surface area contributed by atoms with Crippen LogP contribution in [0.15, 0.2) is 35.9 Å². The highest BCUT2D eigenvalue weighted by Gasteiger charge is 2.10. The van der Waals surface area contributed by atoms with E-state index in [0.29, 0.717) is 12.2 Å². The molecule has 0 heterocycles. The minimum absolute atomic E-state index is 0.249. The van der Waals surface area contributed by atoms with Crippen LogP contribution in [0.1, 0.15) is 31.2 Å². The molecule has 0 fully saturated rings. The molecule has 0 saturated heterocycles. The summed E-state index contributed by atoms with van der Waals surface area (Å²) >= 11 is 0. The van der Waals surface area contributed by atoms with Crippen LogP contribution >= 0.6 is 0 Å². The van der Waals surface area contributed by atoms with Crippen molar-refractivity contribution in [1.82, 2.24) is 0 Å². The fourth-order valence-electron chi connectivity index (χ4n) is 2.08. The molecule has 1 aromatic rings. The van der Waals surface area contributed by atoms with Gasteiger partial charge in [0.15, 0.2) is 5.78 Å². The number of phenolic OH excluding ortho intramolecular Hbond substituents is 1. The summed E-state index contributed by atoms with van der Waals surface area (Å²) in [6.07, 6.45) is 6.17. The quantitative estimate of drug-likeness (QED) is 0.843. The van der Waals surface area contributed by atoms with Gasteiger partial charge in [-0.1, -0.05) is 23.8 Å². The van der Waals surface area contributed by atoms with Crippen molar-refractivity contribution in [2.45, 2.75) is 32.1 Å². The minimum Gasteiger partial charge on any atom is -0.508 e. The van der Waals surface area contributed by atoms with Crippen LogP contribution in [0.4, 0.5) is 0 Å². The van der Waals surface area contributed by atoms with Crippen LogP contribution in [-0.2, 0) is 11.2 Å². The summed E-state index contributed by atoms with van der Waals surface area (Å²) in [5.74, 6) is 0.601. The highest BCUT2D eigenvalue weighted by molar-refractivity contribution is 5.91. The Kier molecular flexibility index (Phi) is 3.40. The molecule has 0 saturated carbocycles. The molecule has 1 N–H and O–H groups in total. The van der Waals surface area contributed by atoms with E-state index in [2.05, 4.69) is 0 Å². The zero-order valence-corrected chi connectivity index (χ0v) is 9.28. The van der Waals surface area contributed by atoms with Crippen LogP contribution < -0.4 is 0 Å². The monoisotopic (exact) mass is 216 g/mol. The Morgan fingerprint density at radius 2 is 1.94 bits per heavy atom. The molecule has 0 amide bonds. The van der Waals surface area contributed by atoms with Crippen molar-refractivity contribution >= 4 is 5.78 Å². The van der Waals surface area contributed by atoms with E-state index in [1.807, 2.05) is 18.2 Å². The molecule has 0 bridgehead atoms. The standard InChI is InChI=1S/C14H16O2/c15-13-6-3-4-11(10-13)8-9-12-5-1-2-7-14(12)16/h1-2,5,7,10,16H,3-4,6,8-9H2. The number of aromatic hydroxyl groups is 1. The molecule has 84 valence electrons. The Bertz CT molecular complexity index is 418. The van der Waals surface area contributed by atoms with Gasteiger partial charge >= 0.3 is 0 Å². The van der Waals surface area contributed by atoms with Crippen molar-refractivity contribution in [3.05, 3.63) is 41.5 Å². The Balaban J connectivity index is 1.97. The van der Waals surface area contributed by atoms with Crippen molar-refractivity contribution < 1.29 is 9.90 Å². The molecule has 0 radical (unpaired) electrons. The Labute approximate surface area is 95.6 Å². The number of benzene rings is 1. The van der Waals surface area contributed by atoms with Gasteiger partial charge in [0.2, 0.25) is 0 Å². The predicted octanol–water partition coefficient (Wildman–Crippen LogP) is 3.00. The lowest BCUT2D eigenvalue weighted by molar-refractivity contribution is -0.115. The zero-order chi connectivity index (χ0) is 11.4. The maximum absolute atomic E-state index is 11.2. The summed E-state index contributed by atoms with van der Waals surface area (Å²) in [4.78, 5) is 11.2. The van der Waals surface area contributed by atoms with Gasteiger partial charge in [0.05, 0.1) is 0 Å². The molecule has 16 heavy (non-hydrogen) atoms. The van der Waals surface area contributed by atoms with Crippen molar-refractivity contribution in [1.29, 1.82) is 0 Å². The molecule has 2 heteroatoms. The summed E-state index contributed by atoms with van der Waals surface area (Å²) in [7, 11) is 0. The number of allylic oxidation sites excluding steroid dienone is 2. The number of para-hydroxylation sites is 1. The Hall–Kier alpha value is -1.57. The first-order valence-electron chi connectivity index (χ1n) is 5.75. The first-order chi connectivity index (χ1) is 7.75. The van der Waals surface area contributed by atoms with Crippen LogP contribution in [0.3, 0.4) is 0 Å². The molecule has 0 aromatic heterocycles. The number of carbonyl (C=O) groups excluding carboxylic acids is 1. The van der Waals surface area contributed by atoms with E-state index in [-0.39, 0.29) is 5.78 Å². The average molecular weight is 216 g/mol. The van der Waals surface area contributed by atoms with Crippen molar-refractivity contribution in [3.63, 3.8) is 0 Å². The van der Waals surface area contributed by atoms with Gasteiger partial charge in [-0.2, -0.15) is 0 Å². The van der Waals surface area contributed by atoms with Crippen molar-refractivity contribution in [2.75, 3.05) is 0 Å². The van der Waals surface area contributed by atoms with Gasteiger partial charge in [0.1, 0.15) is 5.75 Å². The third kappa shape index (κ3) is 2.72. The number of carbonyl (C=O) groups is 1. The number of ketones is 1. The van der Waals surface area contributed by atoms with Crippen LogP contribution in [0.5, 0.6) is 5.75 Å². The number of rotatable bonds is 3. The number of hydrogen-bond donors (Lipinski definition) is 1. The second kappa shape index (κ2) is 4.97. The minimum atomic E-state index is 0.249. The van der Waals surface area contributed by atoms with E-state index in [9.17, 15) is 9.90 Å². The predicted molar refractivity (Wildman–Crippen MR) is 63.4 cm³/mol. The van der Waals surface area contributed by atoms with Gasteiger partial charge in [0, 0.05) is 6.42 Å². The van der Waals surface area contributed by atoms with E-state index in [1.54, 1.807) is 12.1 Å². The summed E-state index contributed by atoms with van der Waals surface area (Å²) in [5, 5.41) is 9.61. The molecule has 1 aromatic carbocycles. The van der Waals surface area contributed by atoms with Crippen molar-refractivity contribution in [3.8, 4) is 5.75 Å². The lowest BCUT2D eigenvalue weighted by atomic mass is 9.93. The number of hydrogen-bond acceptors (Lipinski definition) is 2. The molecular formula is C14H16O2. The molecule has 1 aliphatic rings. The van der Waals surface area contributed by atoms with E-state index in [0.717, 1.165) is 31.2 Å². The van der Waals surface area contributed by atoms with Crippen molar-refractivity contribution in [2.24, 2.45) is 0 Å². The molecule has 2 rings (SSSR count). The summed E-state index contributed by atoms with van der Waals surface area (Å²) in [6, 6.07) is 7.38. The SMILES string of the molecule is O=C1C=C(CCc2ccccc2O)CCC1. The van der Waals surface area contributed by atoms with Gasteiger partial charge < -0.3 is 5.11 Å². The molecule has 0 spiro atoms. The Morgan fingerprint density at radius 1 is 1.12 bits per heavy atom. The van der Waals surface area contributed by atoms with E-state index >= 15 is 0 Å². The number of aryl methyl sites for hydroxylation is 1. The summed E-state index contributed by atoms with van der Waals surface area (Å²) in [5.41, 5.74) is 2.18. The molecule has 1 aliphatic carbocycles. The van der Waals surface area contributed by atoms with Crippen LogP contribution in [-0.4, -0.2) is 10.9 Å². The lowest BCUT2D eigenvalue weighted by Crippen LogP contribution is -2.03. The normalized spacial score (nSPS) is 16.0. The second-order valence-corrected chi connectivity index (χ2v) is 4.25.